The van der Waals surface area contributed by atoms with Crippen LogP contribution in [0.3, 0.4) is 0 Å². The third-order valence-electron chi connectivity index (χ3n) is 5.19. The summed E-state index contributed by atoms with van der Waals surface area (Å²) in [5, 5.41) is 0. The first-order valence-electron chi connectivity index (χ1n) is 7.54. The Bertz CT molecular complexity index is 168. The molecule has 0 aliphatic heterocycles. The first-order chi connectivity index (χ1) is 7.79. The smallest absolute Gasteiger partial charge is 0.00956 e. The van der Waals surface area contributed by atoms with Crippen LogP contribution in [0.2, 0.25) is 0 Å². The molecule has 0 saturated heterocycles. The van der Waals surface area contributed by atoms with E-state index < -0.39 is 0 Å². The van der Waals surface area contributed by atoms with Crippen LogP contribution in [-0.2, 0) is 0 Å². The van der Waals surface area contributed by atoms with Crippen molar-refractivity contribution in [2.24, 2.45) is 23.5 Å². The van der Waals surface area contributed by atoms with E-state index in [0.29, 0.717) is 6.04 Å². The van der Waals surface area contributed by atoms with Crippen LogP contribution < -0.4 is 5.73 Å². The highest BCUT2D eigenvalue weighted by molar-refractivity contribution is 4.85. The van der Waals surface area contributed by atoms with Crippen LogP contribution in [0.25, 0.3) is 0 Å². The van der Waals surface area contributed by atoms with E-state index in [0.717, 1.165) is 17.8 Å². The van der Waals surface area contributed by atoms with Crippen LogP contribution in [0.4, 0.5) is 0 Å². The predicted octanol–water partition coefficient (Wildman–Crippen LogP) is 4.11. The molecule has 2 rings (SSSR count). The van der Waals surface area contributed by atoms with Crippen LogP contribution in [0.15, 0.2) is 0 Å². The molecule has 94 valence electrons. The minimum absolute atomic E-state index is 0.489. The third-order valence-corrected chi connectivity index (χ3v) is 5.19. The number of nitrogens with two attached hydrogens (primary N) is 1. The summed E-state index contributed by atoms with van der Waals surface area (Å²) in [6.07, 6.45) is 14.4. The molecule has 1 heteroatoms. The van der Waals surface area contributed by atoms with E-state index in [9.17, 15) is 0 Å². The second-order valence-corrected chi connectivity index (χ2v) is 6.23. The summed E-state index contributed by atoms with van der Waals surface area (Å²) in [7, 11) is 0. The van der Waals surface area contributed by atoms with Crippen LogP contribution in [-0.4, -0.2) is 6.04 Å². The van der Waals surface area contributed by atoms with Gasteiger partial charge in [-0.2, -0.15) is 0 Å². The fourth-order valence-electron chi connectivity index (χ4n) is 3.92. The topological polar surface area (TPSA) is 26.0 Å². The average Bonchev–Trinajstić information content (AvgIpc) is 2.39. The summed E-state index contributed by atoms with van der Waals surface area (Å²) in [5.74, 6) is 2.54. The van der Waals surface area contributed by atoms with Crippen molar-refractivity contribution in [1.29, 1.82) is 0 Å². The lowest BCUT2D eigenvalue weighted by Crippen LogP contribution is -2.41. The lowest BCUT2D eigenvalue weighted by Gasteiger charge is -2.37. The normalized spacial score (nSPS) is 28.9. The first-order valence-corrected chi connectivity index (χ1v) is 7.54. The molecule has 2 atom stereocenters. The van der Waals surface area contributed by atoms with Gasteiger partial charge in [-0.15, -0.1) is 0 Å². The molecule has 2 saturated carbocycles. The van der Waals surface area contributed by atoms with E-state index in [1.165, 1.54) is 64.2 Å². The summed E-state index contributed by atoms with van der Waals surface area (Å²) in [6, 6.07) is 0.489. The second kappa shape index (κ2) is 6.05. The molecular weight excluding hydrogens is 194 g/mol. The maximum atomic E-state index is 6.52. The van der Waals surface area contributed by atoms with Gasteiger partial charge in [0.15, 0.2) is 0 Å². The Kier molecular flexibility index (Phi) is 4.69. The maximum absolute atomic E-state index is 6.52. The summed E-state index contributed by atoms with van der Waals surface area (Å²) in [5.41, 5.74) is 6.52. The highest BCUT2D eigenvalue weighted by Gasteiger charge is 2.30. The van der Waals surface area contributed by atoms with Crippen LogP contribution in [0, 0.1) is 17.8 Å². The molecule has 2 N–H and O–H groups in total. The van der Waals surface area contributed by atoms with E-state index in [4.69, 9.17) is 5.73 Å². The zero-order valence-corrected chi connectivity index (χ0v) is 11.0. The van der Waals surface area contributed by atoms with E-state index in [-0.39, 0.29) is 0 Å². The second-order valence-electron chi connectivity index (χ2n) is 6.23. The number of hydrogen-bond donors (Lipinski definition) is 1. The fraction of sp³-hybridized carbons (Fsp3) is 1.00. The number of rotatable bonds is 3. The van der Waals surface area contributed by atoms with Gasteiger partial charge < -0.3 is 5.73 Å². The zero-order chi connectivity index (χ0) is 11.4. The lowest BCUT2D eigenvalue weighted by atomic mass is 9.72. The standard InChI is InChI=1S/C15H29N/c1-12(13-8-4-2-5-9-13)15(16)14-10-6-3-7-11-14/h12-15H,2-11,16H2,1H3. The molecule has 2 aliphatic carbocycles. The van der Waals surface area contributed by atoms with Gasteiger partial charge in [0.1, 0.15) is 0 Å². The average molecular weight is 223 g/mol. The molecule has 0 aromatic heterocycles. The van der Waals surface area contributed by atoms with Gasteiger partial charge in [0.25, 0.3) is 0 Å². The highest BCUT2D eigenvalue weighted by atomic mass is 14.7. The minimum atomic E-state index is 0.489. The summed E-state index contributed by atoms with van der Waals surface area (Å²) < 4.78 is 0. The fourth-order valence-corrected chi connectivity index (χ4v) is 3.92. The van der Waals surface area contributed by atoms with Gasteiger partial charge in [-0.05, 0) is 30.6 Å². The molecule has 2 fully saturated rings. The van der Waals surface area contributed by atoms with Gasteiger partial charge in [0, 0.05) is 6.04 Å². The Labute approximate surface area is 101 Å². The monoisotopic (exact) mass is 223 g/mol. The van der Waals surface area contributed by atoms with Crippen LogP contribution in [0.1, 0.15) is 71.1 Å². The van der Waals surface area contributed by atoms with Crippen molar-refractivity contribution in [2.75, 3.05) is 0 Å². The molecule has 0 aromatic carbocycles. The maximum Gasteiger partial charge on any atom is 0.00956 e. The van der Waals surface area contributed by atoms with E-state index in [1.54, 1.807) is 0 Å². The van der Waals surface area contributed by atoms with Gasteiger partial charge in [-0.25, -0.2) is 0 Å². The SMILES string of the molecule is CC(C1CCCCC1)C(N)C1CCCCC1. The lowest BCUT2D eigenvalue weighted by molar-refractivity contribution is 0.172. The van der Waals surface area contributed by atoms with E-state index >= 15 is 0 Å². The Morgan fingerprint density at radius 1 is 0.750 bits per heavy atom. The van der Waals surface area contributed by atoms with Crippen molar-refractivity contribution < 1.29 is 0 Å². The Hall–Kier alpha value is -0.0400. The largest absolute Gasteiger partial charge is 0.327 e. The van der Waals surface area contributed by atoms with Gasteiger partial charge in [0.2, 0.25) is 0 Å². The van der Waals surface area contributed by atoms with Gasteiger partial charge in [0.05, 0.1) is 0 Å². The van der Waals surface area contributed by atoms with E-state index in [1.807, 2.05) is 0 Å². The van der Waals surface area contributed by atoms with Crippen molar-refractivity contribution in [2.45, 2.75) is 77.2 Å². The minimum Gasteiger partial charge on any atom is -0.327 e. The van der Waals surface area contributed by atoms with Crippen LogP contribution >= 0.6 is 0 Å². The molecular formula is C15H29N. The van der Waals surface area contributed by atoms with Crippen molar-refractivity contribution in [1.82, 2.24) is 0 Å². The number of hydrogen-bond acceptors (Lipinski definition) is 1. The highest BCUT2D eigenvalue weighted by Crippen LogP contribution is 2.36. The predicted molar refractivity (Wildman–Crippen MR) is 70.3 cm³/mol. The quantitative estimate of drug-likeness (QED) is 0.765. The molecule has 0 aromatic rings. The Balaban J connectivity index is 1.84. The summed E-state index contributed by atoms with van der Waals surface area (Å²) in [4.78, 5) is 0. The van der Waals surface area contributed by atoms with Crippen molar-refractivity contribution >= 4 is 0 Å². The molecule has 16 heavy (non-hydrogen) atoms. The molecule has 0 amide bonds. The van der Waals surface area contributed by atoms with Crippen LogP contribution in [0.5, 0.6) is 0 Å². The molecule has 0 spiro atoms. The van der Waals surface area contributed by atoms with Crippen molar-refractivity contribution in [3.05, 3.63) is 0 Å². The Morgan fingerprint density at radius 3 is 1.69 bits per heavy atom. The molecule has 2 unspecified atom stereocenters. The summed E-state index contributed by atoms with van der Waals surface area (Å²) in [6.45, 7) is 2.43. The van der Waals surface area contributed by atoms with Crippen molar-refractivity contribution in [3.8, 4) is 0 Å². The third kappa shape index (κ3) is 3.00. The van der Waals surface area contributed by atoms with Crippen molar-refractivity contribution in [3.63, 3.8) is 0 Å². The molecule has 0 radical (unpaired) electrons. The molecule has 0 heterocycles. The molecule has 2 aliphatic rings. The first kappa shape index (κ1) is 12.4. The summed E-state index contributed by atoms with van der Waals surface area (Å²) >= 11 is 0. The molecule has 1 nitrogen and oxygen atoms in total. The van der Waals surface area contributed by atoms with Gasteiger partial charge >= 0.3 is 0 Å². The zero-order valence-electron chi connectivity index (χ0n) is 11.0. The molecule has 0 bridgehead atoms. The van der Waals surface area contributed by atoms with Gasteiger partial charge in [-0.3, -0.25) is 0 Å². The Morgan fingerprint density at radius 2 is 1.19 bits per heavy atom. The van der Waals surface area contributed by atoms with Gasteiger partial charge in [-0.1, -0.05) is 58.3 Å². The van der Waals surface area contributed by atoms with E-state index in [2.05, 4.69) is 6.92 Å².